The van der Waals surface area contributed by atoms with Crippen molar-refractivity contribution in [1.29, 1.82) is 0 Å². The Hall–Kier alpha value is -4.12. The number of rotatable bonds is 12. The molecular weight excluding hydrogens is 504 g/mol. The fourth-order valence-electron chi connectivity index (χ4n) is 4.22. The normalized spacial score (nSPS) is 22.8. The van der Waals surface area contributed by atoms with Gasteiger partial charge in [0.15, 0.2) is 0 Å². The van der Waals surface area contributed by atoms with Gasteiger partial charge >= 0.3 is 0 Å². The van der Waals surface area contributed by atoms with Crippen LogP contribution in [-0.2, 0) is 36.8 Å². The van der Waals surface area contributed by atoms with Gasteiger partial charge in [-0.2, -0.15) is 0 Å². The largest absolute Gasteiger partial charge is 0.491 e. The first-order valence-electron chi connectivity index (χ1n) is 13.0. The minimum absolute atomic E-state index is 0.184. The number of amides is 4. The molecule has 39 heavy (non-hydrogen) atoms. The molecule has 2 fully saturated rings. The molecule has 0 spiro atoms. The molecule has 0 saturated carbocycles. The zero-order valence-electron chi connectivity index (χ0n) is 22.0. The van der Waals surface area contributed by atoms with Crippen molar-refractivity contribution in [2.75, 3.05) is 26.4 Å². The third-order valence-electron chi connectivity index (χ3n) is 6.49. The second-order valence-electron chi connectivity index (χ2n) is 9.59. The lowest BCUT2D eigenvalue weighted by Crippen LogP contribution is -2.61. The van der Waals surface area contributed by atoms with Crippen molar-refractivity contribution < 1.29 is 33.4 Å². The third kappa shape index (κ3) is 7.93. The van der Waals surface area contributed by atoms with E-state index in [0.717, 1.165) is 11.1 Å². The van der Waals surface area contributed by atoms with Crippen LogP contribution in [0.3, 0.4) is 0 Å². The molecule has 0 aliphatic carbocycles. The van der Waals surface area contributed by atoms with Gasteiger partial charge < -0.3 is 35.5 Å². The number of nitrogens with one attached hydrogen (secondary N) is 4. The Kier molecular flexibility index (Phi) is 9.37. The molecule has 11 heteroatoms. The van der Waals surface area contributed by atoms with Gasteiger partial charge in [-0.25, -0.2) is 0 Å². The van der Waals surface area contributed by atoms with Crippen molar-refractivity contribution in [3.05, 3.63) is 59.7 Å². The maximum Gasteiger partial charge on any atom is 0.243 e. The summed E-state index contributed by atoms with van der Waals surface area (Å²) in [5.41, 5.74) is 1.83. The Morgan fingerprint density at radius 3 is 1.31 bits per heavy atom. The van der Waals surface area contributed by atoms with Crippen LogP contribution < -0.4 is 30.7 Å². The molecule has 4 N–H and O–H groups in total. The van der Waals surface area contributed by atoms with Crippen molar-refractivity contribution in [2.24, 2.45) is 0 Å². The average molecular weight is 539 g/mol. The molecule has 0 aromatic heterocycles. The smallest absolute Gasteiger partial charge is 0.243 e. The molecule has 2 aromatic rings. The van der Waals surface area contributed by atoms with E-state index in [0.29, 0.717) is 50.8 Å². The SMILES string of the molecule is C[C@@H]1NC(=O)[C@H](Cc2ccc(OCCOCCOc3ccc(C[C@@H]4NC(=O)[C@H](C)NC4=O)cc3)cc2)NC1=O. The quantitative estimate of drug-likeness (QED) is 0.284. The second-order valence-corrected chi connectivity index (χ2v) is 9.59. The van der Waals surface area contributed by atoms with Gasteiger partial charge in [-0.05, 0) is 49.2 Å². The first-order valence-corrected chi connectivity index (χ1v) is 13.0. The lowest BCUT2D eigenvalue weighted by molar-refractivity contribution is -0.136. The van der Waals surface area contributed by atoms with Crippen molar-refractivity contribution >= 4 is 23.6 Å². The lowest BCUT2D eigenvalue weighted by Gasteiger charge is -2.27. The molecule has 2 aromatic carbocycles. The minimum atomic E-state index is -0.577. The van der Waals surface area contributed by atoms with Crippen molar-refractivity contribution in [3.8, 4) is 11.5 Å². The first-order chi connectivity index (χ1) is 18.8. The summed E-state index contributed by atoms with van der Waals surface area (Å²) in [5.74, 6) is 0.634. The molecule has 2 saturated heterocycles. The van der Waals surface area contributed by atoms with E-state index in [1.54, 1.807) is 13.8 Å². The van der Waals surface area contributed by atoms with E-state index in [1.807, 2.05) is 48.5 Å². The summed E-state index contributed by atoms with van der Waals surface area (Å²) in [6.07, 6.45) is 0.817. The molecule has 2 heterocycles. The van der Waals surface area contributed by atoms with Gasteiger partial charge in [-0.15, -0.1) is 0 Å². The Balaban J connectivity index is 1.08. The minimum Gasteiger partial charge on any atom is -0.491 e. The van der Waals surface area contributed by atoms with Gasteiger partial charge in [-0.3, -0.25) is 19.2 Å². The van der Waals surface area contributed by atoms with Gasteiger partial charge in [0, 0.05) is 12.8 Å². The highest BCUT2D eigenvalue weighted by molar-refractivity contribution is 5.97. The maximum absolute atomic E-state index is 12.1. The summed E-state index contributed by atoms with van der Waals surface area (Å²) in [4.78, 5) is 47.7. The highest BCUT2D eigenvalue weighted by atomic mass is 16.5. The number of piperazine rings is 2. The van der Waals surface area contributed by atoms with E-state index < -0.39 is 24.2 Å². The van der Waals surface area contributed by atoms with E-state index in [1.165, 1.54) is 0 Å². The standard InChI is InChI=1S/C28H34N4O7/c1-17-25(33)31-23(27(35)29-17)15-19-3-7-21(8-4-19)38-13-11-37-12-14-39-22-9-5-20(6-10-22)16-24-28(36)30-18(2)26(34)32-24/h3-10,17-18,23-24H,11-16H2,1-2H3,(H,29,35)(H,30,36)(H,31,33)(H,32,34)/t17-,18-,23-,24-/m0/s1. The molecule has 2 aliphatic heterocycles. The van der Waals surface area contributed by atoms with Crippen LogP contribution in [0.1, 0.15) is 25.0 Å². The molecule has 0 bridgehead atoms. The first kappa shape index (κ1) is 27.9. The summed E-state index contributed by atoms with van der Waals surface area (Å²) in [7, 11) is 0. The van der Waals surface area contributed by atoms with Crippen LogP contribution >= 0.6 is 0 Å². The van der Waals surface area contributed by atoms with Crippen LogP contribution in [0.5, 0.6) is 11.5 Å². The molecule has 0 radical (unpaired) electrons. The van der Waals surface area contributed by atoms with Gasteiger partial charge in [0.1, 0.15) is 48.9 Å². The van der Waals surface area contributed by atoms with Crippen LogP contribution in [0, 0.1) is 0 Å². The predicted octanol–water partition coefficient (Wildman–Crippen LogP) is 0.252. The number of ether oxygens (including phenoxy) is 3. The van der Waals surface area contributed by atoms with E-state index in [4.69, 9.17) is 14.2 Å². The highest BCUT2D eigenvalue weighted by Crippen LogP contribution is 2.16. The zero-order chi connectivity index (χ0) is 27.8. The van der Waals surface area contributed by atoms with Gasteiger partial charge in [0.05, 0.1) is 13.2 Å². The summed E-state index contributed by atoms with van der Waals surface area (Å²) in [6.45, 7) is 4.83. The number of benzene rings is 2. The fourth-order valence-corrected chi connectivity index (χ4v) is 4.22. The topological polar surface area (TPSA) is 144 Å². The number of hydrogen-bond acceptors (Lipinski definition) is 7. The Morgan fingerprint density at radius 1 is 0.538 bits per heavy atom. The van der Waals surface area contributed by atoms with Crippen molar-refractivity contribution in [3.63, 3.8) is 0 Å². The van der Waals surface area contributed by atoms with Crippen molar-refractivity contribution in [2.45, 2.75) is 50.9 Å². The molecule has 2 aliphatic rings. The lowest BCUT2D eigenvalue weighted by atomic mass is 10.0. The van der Waals surface area contributed by atoms with Gasteiger partial charge in [-0.1, -0.05) is 24.3 Å². The third-order valence-corrected chi connectivity index (χ3v) is 6.49. The van der Waals surface area contributed by atoms with Gasteiger partial charge in [0.25, 0.3) is 0 Å². The Labute approximate surface area is 227 Å². The number of carbonyl (C=O) groups excluding carboxylic acids is 4. The van der Waals surface area contributed by atoms with Gasteiger partial charge in [0.2, 0.25) is 23.6 Å². The Morgan fingerprint density at radius 2 is 0.923 bits per heavy atom. The molecule has 4 atom stereocenters. The van der Waals surface area contributed by atoms with Crippen LogP contribution in [0.15, 0.2) is 48.5 Å². The van der Waals surface area contributed by atoms with Crippen LogP contribution in [0.4, 0.5) is 0 Å². The fraction of sp³-hybridized carbons (Fsp3) is 0.429. The zero-order valence-corrected chi connectivity index (χ0v) is 22.0. The average Bonchev–Trinajstić information content (AvgIpc) is 2.91. The highest BCUT2D eigenvalue weighted by Gasteiger charge is 2.31. The van der Waals surface area contributed by atoms with Crippen LogP contribution in [0.25, 0.3) is 0 Å². The molecule has 4 rings (SSSR count). The van der Waals surface area contributed by atoms with Crippen LogP contribution in [-0.4, -0.2) is 74.2 Å². The maximum atomic E-state index is 12.1. The summed E-state index contributed by atoms with van der Waals surface area (Å²) in [5, 5.41) is 10.8. The molecule has 11 nitrogen and oxygen atoms in total. The molecule has 4 amide bonds. The Bertz CT molecular complexity index is 1080. The van der Waals surface area contributed by atoms with E-state index in [-0.39, 0.29) is 23.6 Å². The molecule has 0 unspecified atom stereocenters. The van der Waals surface area contributed by atoms with Crippen molar-refractivity contribution in [1.82, 2.24) is 21.3 Å². The summed E-state index contributed by atoms with van der Waals surface area (Å²) in [6, 6.07) is 12.6. The summed E-state index contributed by atoms with van der Waals surface area (Å²) < 4.78 is 17.0. The van der Waals surface area contributed by atoms with E-state index in [2.05, 4.69) is 21.3 Å². The van der Waals surface area contributed by atoms with E-state index >= 15 is 0 Å². The second kappa shape index (κ2) is 13.1. The summed E-state index contributed by atoms with van der Waals surface area (Å²) >= 11 is 0. The predicted molar refractivity (Wildman–Crippen MR) is 141 cm³/mol. The number of hydrogen-bond donors (Lipinski definition) is 4. The molecule has 208 valence electrons. The molecular formula is C28H34N4O7. The monoisotopic (exact) mass is 538 g/mol. The van der Waals surface area contributed by atoms with Crippen LogP contribution in [0.2, 0.25) is 0 Å². The van der Waals surface area contributed by atoms with E-state index in [9.17, 15) is 19.2 Å². The number of carbonyl (C=O) groups is 4.